The number of likely N-dealkylation sites (tertiary alicyclic amines) is 1. The van der Waals surface area contributed by atoms with E-state index in [1.54, 1.807) is 6.07 Å². The summed E-state index contributed by atoms with van der Waals surface area (Å²) in [6.45, 7) is 3.75. The Morgan fingerprint density at radius 2 is 2.17 bits per heavy atom. The summed E-state index contributed by atoms with van der Waals surface area (Å²) in [7, 11) is 0. The van der Waals surface area contributed by atoms with E-state index in [1.165, 1.54) is 0 Å². The Balaban J connectivity index is 1.76. The van der Waals surface area contributed by atoms with Gasteiger partial charge in [-0.2, -0.15) is 0 Å². The van der Waals surface area contributed by atoms with E-state index >= 15 is 0 Å². The summed E-state index contributed by atoms with van der Waals surface area (Å²) >= 11 is 6.25. The molecule has 126 valence electrons. The van der Waals surface area contributed by atoms with Crippen molar-refractivity contribution in [3.8, 4) is 11.5 Å². The molecule has 0 radical (unpaired) electrons. The number of nitrogens with zero attached hydrogens (tertiary/aromatic N) is 1. The van der Waals surface area contributed by atoms with Crippen molar-refractivity contribution < 1.29 is 14.3 Å². The predicted octanol–water partition coefficient (Wildman–Crippen LogP) is 2.38. The summed E-state index contributed by atoms with van der Waals surface area (Å²) in [5.74, 6) is 1.29. The van der Waals surface area contributed by atoms with Gasteiger partial charge >= 0.3 is 0 Å². The van der Waals surface area contributed by atoms with Crippen molar-refractivity contribution in [2.45, 2.75) is 44.7 Å². The molecule has 1 amide bonds. The van der Waals surface area contributed by atoms with Crippen LogP contribution in [0.4, 0.5) is 0 Å². The number of nitrogens with two attached hydrogens (primary N) is 1. The topological polar surface area (TPSA) is 64.8 Å². The molecule has 3 rings (SSSR count). The minimum atomic E-state index is -0.0110. The average Bonchev–Trinajstić information content (AvgIpc) is 2.55. The monoisotopic (exact) mass is 338 g/mol. The zero-order chi connectivity index (χ0) is 16.4. The molecular formula is C17H23ClN2O3. The summed E-state index contributed by atoms with van der Waals surface area (Å²) < 4.78 is 11.1. The highest BCUT2D eigenvalue weighted by atomic mass is 35.5. The second kappa shape index (κ2) is 6.97. The highest BCUT2D eigenvalue weighted by molar-refractivity contribution is 6.32. The van der Waals surface area contributed by atoms with Gasteiger partial charge in [-0.25, -0.2) is 0 Å². The van der Waals surface area contributed by atoms with Crippen LogP contribution in [0.2, 0.25) is 5.02 Å². The van der Waals surface area contributed by atoms with Gasteiger partial charge in [0.05, 0.1) is 11.4 Å². The largest absolute Gasteiger partial charge is 0.486 e. The van der Waals surface area contributed by atoms with E-state index in [0.717, 1.165) is 31.4 Å². The first-order chi connectivity index (χ1) is 11.1. The van der Waals surface area contributed by atoms with Crippen LogP contribution >= 0.6 is 11.6 Å². The first kappa shape index (κ1) is 16.4. The van der Waals surface area contributed by atoms with Crippen LogP contribution < -0.4 is 15.2 Å². The van der Waals surface area contributed by atoms with E-state index in [1.807, 2.05) is 17.9 Å². The number of fused-ring (bicyclic) bond motifs is 1. The van der Waals surface area contributed by atoms with Crippen molar-refractivity contribution in [3.05, 3.63) is 22.7 Å². The Bertz CT molecular complexity index is 591. The van der Waals surface area contributed by atoms with E-state index in [-0.39, 0.29) is 18.0 Å². The Labute approximate surface area is 141 Å². The molecule has 1 aromatic carbocycles. The van der Waals surface area contributed by atoms with Gasteiger partial charge in [-0.3, -0.25) is 4.79 Å². The third-order valence-electron chi connectivity index (χ3n) is 4.49. The first-order valence-corrected chi connectivity index (χ1v) is 8.57. The van der Waals surface area contributed by atoms with Crippen molar-refractivity contribution in [1.82, 2.24) is 4.90 Å². The molecule has 2 heterocycles. The Morgan fingerprint density at radius 3 is 2.96 bits per heavy atom. The van der Waals surface area contributed by atoms with Crippen LogP contribution in [0.3, 0.4) is 0 Å². The number of halogens is 1. The molecular weight excluding hydrogens is 316 g/mol. The van der Waals surface area contributed by atoms with Crippen molar-refractivity contribution >= 4 is 17.5 Å². The SMILES string of the molecule is CC(N)C1CCCCN1C(=O)Cc1cc(Cl)c2c(c1)OCCO2. The van der Waals surface area contributed by atoms with Gasteiger partial charge in [0.15, 0.2) is 11.5 Å². The number of ether oxygens (including phenoxy) is 2. The van der Waals surface area contributed by atoms with Crippen molar-refractivity contribution in [3.63, 3.8) is 0 Å². The van der Waals surface area contributed by atoms with Gasteiger partial charge in [-0.1, -0.05) is 11.6 Å². The fourth-order valence-corrected chi connectivity index (χ4v) is 3.64. The Hall–Kier alpha value is -1.46. The van der Waals surface area contributed by atoms with Crippen LogP contribution in [0, 0.1) is 0 Å². The maximum Gasteiger partial charge on any atom is 0.227 e. The molecule has 2 atom stereocenters. The second-order valence-electron chi connectivity index (χ2n) is 6.29. The fourth-order valence-electron chi connectivity index (χ4n) is 3.36. The van der Waals surface area contributed by atoms with Crippen molar-refractivity contribution in [2.75, 3.05) is 19.8 Å². The van der Waals surface area contributed by atoms with Crippen LogP contribution in [0.15, 0.2) is 12.1 Å². The Kier molecular flexibility index (Phi) is 4.97. The van der Waals surface area contributed by atoms with Gasteiger partial charge in [0.25, 0.3) is 0 Å². The van der Waals surface area contributed by atoms with Crippen LogP contribution in [0.5, 0.6) is 11.5 Å². The Morgan fingerprint density at radius 1 is 1.39 bits per heavy atom. The molecule has 6 heteroatoms. The fraction of sp³-hybridized carbons (Fsp3) is 0.588. The molecule has 0 saturated carbocycles. The molecule has 0 aliphatic carbocycles. The molecule has 0 spiro atoms. The number of carbonyl (C=O) groups excluding carboxylic acids is 1. The van der Waals surface area contributed by atoms with E-state index < -0.39 is 0 Å². The lowest BCUT2D eigenvalue weighted by Gasteiger charge is -2.38. The van der Waals surface area contributed by atoms with Gasteiger partial charge in [-0.15, -0.1) is 0 Å². The number of hydrogen-bond donors (Lipinski definition) is 1. The molecule has 2 aliphatic heterocycles. The van der Waals surface area contributed by atoms with Gasteiger partial charge in [0, 0.05) is 18.6 Å². The molecule has 5 nitrogen and oxygen atoms in total. The maximum atomic E-state index is 12.7. The zero-order valence-electron chi connectivity index (χ0n) is 13.4. The molecule has 2 aliphatic rings. The standard InChI is InChI=1S/C17H23ClN2O3/c1-11(19)14-4-2-3-5-20(14)16(21)10-12-8-13(18)17-15(9-12)22-6-7-23-17/h8-9,11,14H,2-7,10,19H2,1H3. The second-order valence-corrected chi connectivity index (χ2v) is 6.70. The van der Waals surface area contributed by atoms with Crippen LogP contribution in [0.1, 0.15) is 31.7 Å². The molecule has 1 fully saturated rings. The lowest BCUT2D eigenvalue weighted by molar-refractivity contribution is -0.134. The summed E-state index contributed by atoms with van der Waals surface area (Å²) in [4.78, 5) is 14.6. The van der Waals surface area contributed by atoms with E-state index in [4.69, 9.17) is 26.8 Å². The van der Waals surface area contributed by atoms with Gasteiger partial charge in [0.1, 0.15) is 13.2 Å². The first-order valence-electron chi connectivity index (χ1n) is 8.19. The summed E-state index contributed by atoms with van der Waals surface area (Å²) in [6, 6.07) is 3.76. The molecule has 2 unspecified atom stereocenters. The van der Waals surface area contributed by atoms with Gasteiger partial charge in [-0.05, 0) is 43.9 Å². The third kappa shape index (κ3) is 3.56. The summed E-state index contributed by atoms with van der Waals surface area (Å²) in [6.07, 6.45) is 3.45. The predicted molar refractivity (Wildman–Crippen MR) is 89.1 cm³/mol. The zero-order valence-corrected chi connectivity index (χ0v) is 14.1. The number of piperidine rings is 1. The maximum absolute atomic E-state index is 12.7. The number of hydrogen-bond acceptors (Lipinski definition) is 4. The highest BCUT2D eigenvalue weighted by Gasteiger charge is 2.29. The average molecular weight is 339 g/mol. The van der Waals surface area contributed by atoms with Gasteiger partial charge in [0.2, 0.25) is 5.91 Å². The van der Waals surface area contributed by atoms with Crippen molar-refractivity contribution in [2.24, 2.45) is 5.73 Å². The van der Waals surface area contributed by atoms with Crippen LogP contribution in [-0.2, 0) is 11.2 Å². The lowest BCUT2D eigenvalue weighted by Crippen LogP contribution is -2.52. The number of carbonyl (C=O) groups is 1. The van der Waals surface area contributed by atoms with E-state index in [2.05, 4.69) is 0 Å². The number of amides is 1. The highest BCUT2D eigenvalue weighted by Crippen LogP contribution is 2.38. The summed E-state index contributed by atoms with van der Waals surface area (Å²) in [5, 5.41) is 0.493. The lowest BCUT2D eigenvalue weighted by atomic mass is 9.96. The molecule has 2 N–H and O–H groups in total. The molecule has 0 bridgehead atoms. The van der Waals surface area contributed by atoms with Crippen LogP contribution in [0.25, 0.3) is 0 Å². The quantitative estimate of drug-likeness (QED) is 0.919. The van der Waals surface area contributed by atoms with E-state index in [0.29, 0.717) is 36.2 Å². The van der Waals surface area contributed by atoms with Gasteiger partial charge < -0.3 is 20.1 Å². The number of benzene rings is 1. The minimum Gasteiger partial charge on any atom is -0.486 e. The molecule has 1 saturated heterocycles. The number of rotatable bonds is 3. The summed E-state index contributed by atoms with van der Waals surface area (Å²) in [5.41, 5.74) is 6.90. The molecule has 23 heavy (non-hydrogen) atoms. The minimum absolute atomic E-state index is 0.0110. The van der Waals surface area contributed by atoms with Crippen molar-refractivity contribution in [1.29, 1.82) is 0 Å². The normalized spacial score (nSPS) is 21.9. The molecule has 0 aromatic heterocycles. The third-order valence-corrected chi connectivity index (χ3v) is 4.77. The smallest absolute Gasteiger partial charge is 0.227 e. The van der Waals surface area contributed by atoms with Crippen LogP contribution in [-0.4, -0.2) is 42.6 Å². The molecule has 1 aromatic rings. The van der Waals surface area contributed by atoms with E-state index in [9.17, 15) is 4.79 Å².